The van der Waals surface area contributed by atoms with E-state index in [0.29, 0.717) is 18.5 Å². The van der Waals surface area contributed by atoms with Gasteiger partial charge in [-0.05, 0) is 37.8 Å². The Bertz CT molecular complexity index is 289. The van der Waals surface area contributed by atoms with Gasteiger partial charge in [-0.1, -0.05) is 27.7 Å². The summed E-state index contributed by atoms with van der Waals surface area (Å²) < 4.78 is 0. The molecule has 0 spiro atoms. The summed E-state index contributed by atoms with van der Waals surface area (Å²) in [7, 11) is 2.19. The molecule has 1 atom stereocenters. The first-order chi connectivity index (χ1) is 8.81. The normalized spacial score (nSPS) is 21.7. The van der Waals surface area contributed by atoms with Gasteiger partial charge in [-0.15, -0.1) is 0 Å². The molecule has 1 rings (SSSR count). The van der Waals surface area contributed by atoms with Gasteiger partial charge in [-0.2, -0.15) is 0 Å². The molecule has 2 N–H and O–H groups in total. The van der Waals surface area contributed by atoms with Gasteiger partial charge in [0.05, 0.1) is 6.54 Å². The quantitative estimate of drug-likeness (QED) is 0.767. The molecular formula is C15H31N3O. The second-order valence-electron chi connectivity index (χ2n) is 6.90. The molecule has 0 saturated carbocycles. The predicted molar refractivity (Wildman–Crippen MR) is 80.2 cm³/mol. The van der Waals surface area contributed by atoms with Gasteiger partial charge < -0.3 is 15.5 Å². The molecule has 4 heteroatoms. The molecule has 19 heavy (non-hydrogen) atoms. The van der Waals surface area contributed by atoms with Gasteiger partial charge >= 0.3 is 0 Å². The zero-order chi connectivity index (χ0) is 14.5. The van der Waals surface area contributed by atoms with Gasteiger partial charge in [0.2, 0.25) is 5.91 Å². The Hall–Kier alpha value is -0.610. The van der Waals surface area contributed by atoms with E-state index in [1.54, 1.807) is 0 Å². The van der Waals surface area contributed by atoms with E-state index in [2.05, 4.69) is 50.3 Å². The molecule has 0 aromatic carbocycles. The number of nitrogens with zero attached hydrogens (tertiary/aromatic N) is 1. The van der Waals surface area contributed by atoms with Crippen LogP contribution in [0, 0.1) is 11.3 Å². The lowest BCUT2D eigenvalue weighted by atomic mass is 9.74. The molecule has 112 valence electrons. The minimum Gasteiger partial charge on any atom is -0.354 e. The molecule has 1 aliphatic heterocycles. The van der Waals surface area contributed by atoms with Crippen molar-refractivity contribution in [3.05, 3.63) is 0 Å². The second kappa shape index (κ2) is 7.25. The molecule has 0 aromatic rings. The van der Waals surface area contributed by atoms with Crippen molar-refractivity contribution in [3.63, 3.8) is 0 Å². The van der Waals surface area contributed by atoms with Crippen LogP contribution in [-0.4, -0.2) is 50.1 Å². The third-order valence-electron chi connectivity index (χ3n) is 4.14. The van der Waals surface area contributed by atoms with Crippen molar-refractivity contribution in [2.75, 3.05) is 33.2 Å². The van der Waals surface area contributed by atoms with E-state index in [0.717, 1.165) is 13.1 Å². The van der Waals surface area contributed by atoms with E-state index >= 15 is 0 Å². The first-order valence-corrected chi connectivity index (χ1v) is 7.50. The van der Waals surface area contributed by atoms with E-state index in [9.17, 15) is 4.79 Å². The maximum Gasteiger partial charge on any atom is 0.233 e. The molecule has 1 unspecified atom stereocenters. The van der Waals surface area contributed by atoms with Crippen molar-refractivity contribution in [2.45, 2.75) is 46.6 Å². The fraction of sp³-hybridized carbons (Fsp3) is 0.933. The van der Waals surface area contributed by atoms with Crippen LogP contribution in [0.5, 0.6) is 0 Å². The van der Waals surface area contributed by atoms with Crippen molar-refractivity contribution < 1.29 is 4.79 Å². The van der Waals surface area contributed by atoms with Gasteiger partial charge in [-0.3, -0.25) is 4.79 Å². The molecule has 0 aromatic heterocycles. The van der Waals surface area contributed by atoms with Crippen LogP contribution in [0.2, 0.25) is 0 Å². The van der Waals surface area contributed by atoms with Crippen molar-refractivity contribution in [1.82, 2.24) is 15.5 Å². The van der Waals surface area contributed by atoms with Crippen molar-refractivity contribution in [3.8, 4) is 0 Å². The van der Waals surface area contributed by atoms with E-state index in [4.69, 9.17) is 0 Å². The zero-order valence-electron chi connectivity index (χ0n) is 13.3. The highest BCUT2D eigenvalue weighted by Crippen LogP contribution is 2.32. The van der Waals surface area contributed by atoms with Crippen LogP contribution < -0.4 is 10.6 Å². The number of amides is 1. The topological polar surface area (TPSA) is 44.4 Å². The van der Waals surface area contributed by atoms with Crippen LogP contribution in [0.25, 0.3) is 0 Å². The third-order valence-corrected chi connectivity index (χ3v) is 4.14. The van der Waals surface area contributed by atoms with E-state index < -0.39 is 0 Å². The number of likely N-dealkylation sites (tertiary alicyclic amines) is 1. The summed E-state index contributed by atoms with van der Waals surface area (Å²) in [6.45, 7) is 12.2. The van der Waals surface area contributed by atoms with Crippen LogP contribution in [-0.2, 0) is 4.79 Å². The molecule has 1 saturated heterocycles. The molecule has 1 fully saturated rings. The molecule has 1 aliphatic rings. The number of hydrogen-bond donors (Lipinski definition) is 2. The standard InChI is InChI=1S/C15H31N3O/c1-12(2)16-9-14(19)17-11-15(3,4)13-7-6-8-18(5)10-13/h12-13,16H,6-11H2,1-5H3,(H,17,19). The third kappa shape index (κ3) is 5.91. The Kier molecular flexibility index (Phi) is 6.27. The summed E-state index contributed by atoms with van der Waals surface area (Å²) in [5, 5.41) is 6.22. The molecule has 0 radical (unpaired) electrons. The van der Waals surface area contributed by atoms with E-state index in [-0.39, 0.29) is 11.3 Å². The van der Waals surface area contributed by atoms with Gasteiger partial charge in [0.15, 0.2) is 0 Å². The molecule has 1 amide bonds. The van der Waals surface area contributed by atoms with Crippen LogP contribution in [0.1, 0.15) is 40.5 Å². The van der Waals surface area contributed by atoms with Gasteiger partial charge in [0.25, 0.3) is 0 Å². The molecule has 4 nitrogen and oxygen atoms in total. The molecule has 0 aliphatic carbocycles. The number of hydrogen-bond acceptors (Lipinski definition) is 3. The smallest absolute Gasteiger partial charge is 0.233 e. The van der Waals surface area contributed by atoms with Crippen molar-refractivity contribution >= 4 is 5.91 Å². The summed E-state index contributed by atoms with van der Waals surface area (Å²) in [5.74, 6) is 0.774. The van der Waals surface area contributed by atoms with Gasteiger partial charge in [0.1, 0.15) is 0 Å². The summed E-state index contributed by atoms with van der Waals surface area (Å²) in [5.41, 5.74) is 0.169. The first-order valence-electron chi connectivity index (χ1n) is 7.50. The molecule has 1 heterocycles. The minimum absolute atomic E-state index is 0.103. The Morgan fingerprint density at radius 3 is 2.68 bits per heavy atom. The molecular weight excluding hydrogens is 238 g/mol. The first kappa shape index (κ1) is 16.4. The molecule has 0 bridgehead atoms. The SMILES string of the molecule is CC(C)NCC(=O)NCC(C)(C)C1CCCN(C)C1. The monoisotopic (exact) mass is 269 g/mol. The van der Waals surface area contributed by atoms with Crippen LogP contribution >= 0.6 is 0 Å². The fourth-order valence-corrected chi connectivity index (χ4v) is 2.63. The highest BCUT2D eigenvalue weighted by atomic mass is 16.1. The average molecular weight is 269 g/mol. The predicted octanol–water partition coefficient (Wildman–Crippen LogP) is 1.47. The van der Waals surface area contributed by atoms with Crippen LogP contribution in [0.4, 0.5) is 0 Å². The Labute approximate surface area is 118 Å². The summed E-state index contributed by atoms with van der Waals surface area (Å²) in [4.78, 5) is 14.2. The van der Waals surface area contributed by atoms with E-state index in [1.807, 2.05) is 0 Å². The van der Waals surface area contributed by atoms with E-state index in [1.165, 1.54) is 19.4 Å². The zero-order valence-corrected chi connectivity index (χ0v) is 13.3. The lowest BCUT2D eigenvalue weighted by Gasteiger charge is -2.40. The lowest BCUT2D eigenvalue weighted by molar-refractivity contribution is -0.121. The number of carbonyl (C=O) groups excluding carboxylic acids is 1. The summed E-state index contributed by atoms with van der Waals surface area (Å²) in [6.07, 6.45) is 2.55. The van der Waals surface area contributed by atoms with Crippen LogP contribution in [0.15, 0.2) is 0 Å². The fourth-order valence-electron chi connectivity index (χ4n) is 2.63. The number of rotatable bonds is 6. The Morgan fingerprint density at radius 2 is 2.11 bits per heavy atom. The van der Waals surface area contributed by atoms with Gasteiger partial charge in [-0.25, -0.2) is 0 Å². The average Bonchev–Trinajstić information content (AvgIpc) is 2.34. The maximum atomic E-state index is 11.8. The van der Waals surface area contributed by atoms with Crippen molar-refractivity contribution in [2.24, 2.45) is 11.3 Å². The number of piperidine rings is 1. The number of nitrogens with one attached hydrogen (secondary N) is 2. The second-order valence-corrected chi connectivity index (χ2v) is 6.90. The van der Waals surface area contributed by atoms with Crippen LogP contribution in [0.3, 0.4) is 0 Å². The maximum absolute atomic E-state index is 11.8. The van der Waals surface area contributed by atoms with Crippen molar-refractivity contribution in [1.29, 1.82) is 0 Å². The minimum atomic E-state index is 0.103. The Morgan fingerprint density at radius 1 is 1.42 bits per heavy atom. The largest absolute Gasteiger partial charge is 0.354 e. The highest BCUT2D eigenvalue weighted by molar-refractivity contribution is 5.78. The summed E-state index contributed by atoms with van der Waals surface area (Å²) >= 11 is 0. The highest BCUT2D eigenvalue weighted by Gasteiger charge is 2.32. The number of carbonyl (C=O) groups is 1. The lowest BCUT2D eigenvalue weighted by Crippen LogP contribution is -2.46. The van der Waals surface area contributed by atoms with Gasteiger partial charge in [0, 0.05) is 19.1 Å². The summed E-state index contributed by atoms with van der Waals surface area (Å²) in [6, 6.07) is 0.353. The Balaban J connectivity index is 2.35.